The van der Waals surface area contributed by atoms with Gasteiger partial charge in [0.25, 0.3) is 0 Å². The van der Waals surface area contributed by atoms with E-state index in [4.69, 9.17) is 5.73 Å². The molecule has 1 fully saturated rings. The van der Waals surface area contributed by atoms with Crippen LogP contribution in [0, 0.1) is 19.8 Å². The zero-order chi connectivity index (χ0) is 11.9. The van der Waals surface area contributed by atoms with E-state index in [9.17, 15) is 0 Å². The predicted molar refractivity (Wildman–Crippen MR) is 72.3 cm³/mol. The predicted octanol–water partition coefficient (Wildman–Crippen LogP) is 1.24. The molecule has 4 nitrogen and oxygen atoms in total. The highest BCUT2D eigenvalue weighted by molar-refractivity contribution is 5.85. The molecule has 5 heteroatoms. The lowest BCUT2D eigenvalue weighted by molar-refractivity contribution is 0.317. The molecule has 2 N–H and O–H groups in total. The van der Waals surface area contributed by atoms with Crippen LogP contribution >= 0.6 is 12.4 Å². The van der Waals surface area contributed by atoms with E-state index in [2.05, 4.69) is 30.8 Å². The van der Waals surface area contributed by atoms with Gasteiger partial charge in [-0.1, -0.05) is 6.92 Å². The summed E-state index contributed by atoms with van der Waals surface area (Å²) >= 11 is 0. The normalized spacial score (nSPS) is 25.0. The van der Waals surface area contributed by atoms with Crippen LogP contribution in [0.15, 0.2) is 0 Å². The monoisotopic (exact) mass is 258 g/mol. The fraction of sp³-hybridized carbons (Fsp3) is 0.750. The Morgan fingerprint density at radius 2 is 2.00 bits per heavy atom. The standard InChI is InChI=1S/C12H22N4.ClH/c1-8-5-16(7-12(8)13)6-11-9(2)14-15(4)10(11)3;/h8,12H,5-7,13H2,1-4H3;1H. The molecule has 98 valence electrons. The first-order valence-electron chi connectivity index (χ1n) is 5.96. The number of rotatable bonds is 2. The van der Waals surface area contributed by atoms with Crippen LogP contribution in [0.3, 0.4) is 0 Å². The van der Waals surface area contributed by atoms with E-state index in [0.29, 0.717) is 12.0 Å². The van der Waals surface area contributed by atoms with E-state index < -0.39 is 0 Å². The van der Waals surface area contributed by atoms with Gasteiger partial charge in [0, 0.05) is 44.0 Å². The Balaban J connectivity index is 0.00000144. The summed E-state index contributed by atoms with van der Waals surface area (Å²) in [6, 6.07) is 0.331. The third-order valence-corrected chi connectivity index (χ3v) is 3.79. The van der Waals surface area contributed by atoms with Crippen molar-refractivity contribution in [1.29, 1.82) is 0 Å². The van der Waals surface area contributed by atoms with Gasteiger partial charge in [0.05, 0.1) is 5.69 Å². The molecule has 1 saturated heterocycles. The van der Waals surface area contributed by atoms with E-state index in [0.717, 1.165) is 25.3 Å². The lowest BCUT2D eigenvalue weighted by Crippen LogP contribution is -2.28. The summed E-state index contributed by atoms with van der Waals surface area (Å²) in [5.74, 6) is 0.609. The lowest BCUT2D eigenvalue weighted by Gasteiger charge is -2.15. The van der Waals surface area contributed by atoms with E-state index in [1.165, 1.54) is 11.3 Å². The molecule has 1 aliphatic rings. The van der Waals surface area contributed by atoms with Crippen molar-refractivity contribution in [3.63, 3.8) is 0 Å². The first-order valence-corrected chi connectivity index (χ1v) is 5.96. The molecule has 0 saturated carbocycles. The average molecular weight is 259 g/mol. The molecule has 1 aliphatic heterocycles. The molecule has 1 aromatic heterocycles. The second-order valence-corrected chi connectivity index (χ2v) is 5.11. The van der Waals surface area contributed by atoms with Gasteiger partial charge in [-0.2, -0.15) is 5.10 Å². The fourth-order valence-electron chi connectivity index (χ4n) is 2.49. The van der Waals surface area contributed by atoms with Gasteiger partial charge in [0.15, 0.2) is 0 Å². The van der Waals surface area contributed by atoms with Gasteiger partial charge in [-0.25, -0.2) is 0 Å². The maximum Gasteiger partial charge on any atom is 0.0641 e. The van der Waals surface area contributed by atoms with Crippen molar-refractivity contribution in [3.05, 3.63) is 17.0 Å². The Morgan fingerprint density at radius 3 is 2.41 bits per heavy atom. The number of aryl methyl sites for hydroxylation is 2. The SMILES string of the molecule is Cc1nn(C)c(C)c1CN1CC(C)C(N)C1.Cl. The molecule has 0 amide bonds. The molecule has 0 spiro atoms. The van der Waals surface area contributed by atoms with E-state index in [1.807, 2.05) is 11.7 Å². The first-order chi connectivity index (χ1) is 7.49. The smallest absolute Gasteiger partial charge is 0.0641 e. The molecule has 0 aliphatic carbocycles. The Labute approximate surface area is 110 Å². The summed E-state index contributed by atoms with van der Waals surface area (Å²) in [7, 11) is 2.00. The average Bonchev–Trinajstić information content (AvgIpc) is 2.63. The Kier molecular flexibility index (Phi) is 4.58. The molecule has 0 aromatic carbocycles. The molecule has 1 aromatic rings. The highest BCUT2D eigenvalue weighted by Gasteiger charge is 2.27. The third-order valence-electron chi connectivity index (χ3n) is 3.79. The summed E-state index contributed by atoms with van der Waals surface area (Å²) in [5, 5.41) is 4.45. The summed E-state index contributed by atoms with van der Waals surface area (Å²) in [6.45, 7) is 9.55. The van der Waals surface area contributed by atoms with Gasteiger partial charge >= 0.3 is 0 Å². The van der Waals surface area contributed by atoms with Crippen LogP contribution in [0.1, 0.15) is 23.9 Å². The quantitative estimate of drug-likeness (QED) is 0.868. The lowest BCUT2D eigenvalue weighted by atomic mass is 10.1. The van der Waals surface area contributed by atoms with Gasteiger partial charge in [0.2, 0.25) is 0 Å². The number of likely N-dealkylation sites (tertiary alicyclic amines) is 1. The Hall–Kier alpha value is -0.580. The maximum atomic E-state index is 6.04. The zero-order valence-electron chi connectivity index (χ0n) is 11.1. The van der Waals surface area contributed by atoms with Crippen LogP contribution in [-0.2, 0) is 13.6 Å². The van der Waals surface area contributed by atoms with Gasteiger partial charge in [-0.3, -0.25) is 9.58 Å². The summed E-state index contributed by atoms with van der Waals surface area (Å²) in [4.78, 5) is 2.44. The van der Waals surface area contributed by atoms with E-state index in [-0.39, 0.29) is 12.4 Å². The first kappa shape index (κ1) is 14.5. The van der Waals surface area contributed by atoms with Crippen molar-refractivity contribution in [2.75, 3.05) is 13.1 Å². The van der Waals surface area contributed by atoms with Crippen molar-refractivity contribution in [2.45, 2.75) is 33.4 Å². The number of aromatic nitrogens is 2. The van der Waals surface area contributed by atoms with Crippen molar-refractivity contribution < 1.29 is 0 Å². The summed E-state index contributed by atoms with van der Waals surface area (Å²) in [6.07, 6.45) is 0. The van der Waals surface area contributed by atoms with Crippen molar-refractivity contribution >= 4 is 12.4 Å². The van der Waals surface area contributed by atoms with Crippen LogP contribution < -0.4 is 5.73 Å². The van der Waals surface area contributed by atoms with Gasteiger partial charge < -0.3 is 5.73 Å². The minimum absolute atomic E-state index is 0. The highest BCUT2D eigenvalue weighted by Crippen LogP contribution is 2.20. The largest absolute Gasteiger partial charge is 0.326 e. The number of nitrogens with zero attached hydrogens (tertiary/aromatic N) is 3. The molecule has 2 rings (SSSR count). The molecule has 2 atom stereocenters. The maximum absolute atomic E-state index is 6.04. The van der Waals surface area contributed by atoms with E-state index >= 15 is 0 Å². The van der Waals surface area contributed by atoms with Crippen LogP contribution in [0.4, 0.5) is 0 Å². The van der Waals surface area contributed by atoms with Crippen molar-refractivity contribution in [2.24, 2.45) is 18.7 Å². The minimum atomic E-state index is 0. The number of halogens is 1. The van der Waals surface area contributed by atoms with Gasteiger partial charge in [0.1, 0.15) is 0 Å². The molecule has 2 heterocycles. The molecule has 17 heavy (non-hydrogen) atoms. The van der Waals surface area contributed by atoms with Crippen LogP contribution in [-0.4, -0.2) is 33.8 Å². The minimum Gasteiger partial charge on any atom is -0.326 e. The Bertz CT molecular complexity index is 378. The summed E-state index contributed by atoms with van der Waals surface area (Å²) < 4.78 is 1.96. The van der Waals surface area contributed by atoms with Gasteiger partial charge in [-0.15, -0.1) is 12.4 Å². The number of hydrogen-bond acceptors (Lipinski definition) is 3. The number of hydrogen-bond donors (Lipinski definition) is 1. The third kappa shape index (κ3) is 2.81. The highest BCUT2D eigenvalue weighted by atomic mass is 35.5. The second kappa shape index (κ2) is 5.38. The topological polar surface area (TPSA) is 47.1 Å². The van der Waals surface area contributed by atoms with Crippen molar-refractivity contribution in [3.8, 4) is 0 Å². The van der Waals surface area contributed by atoms with Crippen molar-refractivity contribution in [1.82, 2.24) is 14.7 Å². The van der Waals surface area contributed by atoms with Crippen LogP contribution in [0.5, 0.6) is 0 Å². The van der Waals surface area contributed by atoms with E-state index in [1.54, 1.807) is 0 Å². The van der Waals surface area contributed by atoms with Crippen LogP contribution in [0.25, 0.3) is 0 Å². The molecule has 2 unspecified atom stereocenters. The molecule has 0 radical (unpaired) electrons. The second-order valence-electron chi connectivity index (χ2n) is 5.11. The van der Waals surface area contributed by atoms with Gasteiger partial charge in [-0.05, 0) is 19.8 Å². The molecule has 0 bridgehead atoms. The molecular formula is C12H23ClN4. The summed E-state index contributed by atoms with van der Waals surface area (Å²) in [5.41, 5.74) is 9.82. The van der Waals surface area contributed by atoms with Crippen LogP contribution in [0.2, 0.25) is 0 Å². The zero-order valence-corrected chi connectivity index (χ0v) is 11.9. The number of nitrogens with two attached hydrogens (primary N) is 1. The Morgan fingerprint density at radius 1 is 1.35 bits per heavy atom. The fourth-order valence-corrected chi connectivity index (χ4v) is 2.49. The molecular weight excluding hydrogens is 236 g/mol.